The fourth-order valence-corrected chi connectivity index (χ4v) is 2.64. The van der Waals surface area contributed by atoms with Gasteiger partial charge in [0, 0.05) is 23.6 Å². The molecule has 2 rings (SSSR count). The van der Waals surface area contributed by atoms with E-state index >= 15 is 0 Å². The summed E-state index contributed by atoms with van der Waals surface area (Å²) < 4.78 is 5.69. The molecule has 0 aromatic heterocycles. The van der Waals surface area contributed by atoms with Gasteiger partial charge in [0.15, 0.2) is 0 Å². The maximum absolute atomic E-state index is 11.9. The van der Waals surface area contributed by atoms with Crippen molar-refractivity contribution in [3.05, 3.63) is 35.9 Å². The van der Waals surface area contributed by atoms with Gasteiger partial charge in [-0.25, -0.2) is 0 Å². The highest BCUT2D eigenvalue weighted by atomic mass is 32.2. The summed E-state index contributed by atoms with van der Waals surface area (Å²) >= 11 is 1.25. The second kappa shape index (κ2) is 7.73. The van der Waals surface area contributed by atoms with Gasteiger partial charge in [-0.2, -0.15) is 0 Å². The number of amides is 1. The number of aromatic hydroxyl groups is 1. The number of benzene rings is 2. The van der Waals surface area contributed by atoms with Gasteiger partial charge in [-0.1, -0.05) is 24.3 Å². The molecular weight excluding hydrogens is 318 g/mol. The number of phenolic OH excluding ortho intramolecular Hbond substituents is 1. The highest BCUT2D eigenvalue weighted by Gasteiger charge is 2.16. The lowest BCUT2D eigenvalue weighted by Crippen LogP contribution is -2.18. The van der Waals surface area contributed by atoms with E-state index in [0.29, 0.717) is 28.9 Å². The molecule has 0 bridgehead atoms. The number of nitrogens with one attached hydrogen (secondary N) is 1. The van der Waals surface area contributed by atoms with E-state index in [9.17, 15) is 14.7 Å². The zero-order valence-electron chi connectivity index (χ0n) is 12.5. The van der Waals surface area contributed by atoms with Gasteiger partial charge in [-0.3, -0.25) is 9.59 Å². The third-order valence-corrected chi connectivity index (χ3v) is 4.07. The molecule has 0 spiro atoms. The molecule has 0 aliphatic carbocycles. The van der Waals surface area contributed by atoms with Gasteiger partial charge < -0.3 is 20.3 Å². The molecule has 0 aliphatic heterocycles. The van der Waals surface area contributed by atoms with Crippen LogP contribution in [0.15, 0.2) is 30.3 Å². The van der Waals surface area contributed by atoms with Crippen LogP contribution >= 0.6 is 11.8 Å². The Morgan fingerprint density at radius 3 is 2.61 bits per heavy atom. The first-order valence-corrected chi connectivity index (χ1v) is 8.09. The molecular formula is C16H17NO5S. The first kappa shape index (κ1) is 17.0. The molecule has 0 heterocycles. The SMILES string of the molecule is CNC(=O)c1cc(OCCSCC(=O)O)c2ccccc2c1O. The minimum Gasteiger partial charge on any atom is -0.506 e. The predicted octanol–water partition coefficient (Wildman–Crippen LogP) is 2.10. The largest absolute Gasteiger partial charge is 0.506 e. The van der Waals surface area contributed by atoms with Gasteiger partial charge in [0.2, 0.25) is 0 Å². The molecule has 0 aliphatic rings. The van der Waals surface area contributed by atoms with E-state index < -0.39 is 11.9 Å². The number of carboxylic acid groups (broad SMARTS) is 1. The van der Waals surface area contributed by atoms with Gasteiger partial charge in [0.25, 0.3) is 5.91 Å². The van der Waals surface area contributed by atoms with Gasteiger partial charge in [-0.05, 0) is 6.07 Å². The fraction of sp³-hybridized carbons (Fsp3) is 0.250. The van der Waals surface area contributed by atoms with Crippen molar-refractivity contribution in [2.45, 2.75) is 0 Å². The van der Waals surface area contributed by atoms with Crippen LogP contribution < -0.4 is 10.1 Å². The Kier molecular flexibility index (Phi) is 5.70. The first-order valence-electron chi connectivity index (χ1n) is 6.93. The molecule has 122 valence electrons. The Hall–Kier alpha value is -2.41. The average Bonchev–Trinajstić information content (AvgIpc) is 2.55. The Bertz CT molecular complexity index is 732. The van der Waals surface area contributed by atoms with E-state index in [1.807, 2.05) is 6.07 Å². The smallest absolute Gasteiger partial charge is 0.313 e. The molecule has 3 N–H and O–H groups in total. The Labute approximate surface area is 137 Å². The summed E-state index contributed by atoms with van der Waals surface area (Å²) in [7, 11) is 1.49. The van der Waals surface area contributed by atoms with Crippen LogP contribution in [0.1, 0.15) is 10.4 Å². The maximum atomic E-state index is 11.9. The number of phenols is 1. The van der Waals surface area contributed by atoms with Crippen molar-refractivity contribution in [2.75, 3.05) is 25.2 Å². The van der Waals surface area contributed by atoms with Crippen molar-refractivity contribution in [2.24, 2.45) is 0 Å². The lowest BCUT2D eigenvalue weighted by atomic mass is 10.0. The van der Waals surface area contributed by atoms with E-state index in [-0.39, 0.29) is 17.1 Å². The van der Waals surface area contributed by atoms with E-state index in [1.165, 1.54) is 24.9 Å². The Morgan fingerprint density at radius 2 is 1.96 bits per heavy atom. The number of carbonyl (C=O) groups is 2. The number of rotatable bonds is 7. The minimum absolute atomic E-state index is 0.0170. The number of aliphatic carboxylic acids is 1. The number of fused-ring (bicyclic) bond motifs is 1. The van der Waals surface area contributed by atoms with Crippen molar-refractivity contribution in [1.29, 1.82) is 0 Å². The van der Waals surface area contributed by atoms with Crippen molar-refractivity contribution in [3.63, 3.8) is 0 Å². The number of hydrogen-bond acceptors (Lipinski definition) is 5. The molecule has 0 saturated carbocycles. The molecule has 0 atom stereocenters. The predicted molar refractivity (Wildman–Crippen MR) is 89.5 cm³/mol. The summed E-state index contributed by atoms with van der Waals surface area (Å²) in [5.74, 6) is -0.356. The van der Waals surface area contributed by atoms with Crippen LogP contribution in [0.4, 0.5) is 0 Å². The van der Waals surface area contributed by atoms with Gasteiger partial charge in [0.05, 0.1) is 17.9 Å². The van der Waals surface area contributed by atoms with E-state index in [1.54, 1.807) is 18.2 Å². The molecule has 6 nitrogen and oxygen atoms in total. The third kappa shape index (κ3) is 4.07. The van der Waals surface area contributed by atoms with Crippen molar-refractivity contribution in [3.8, 4) is 11.5 Å². The second-order valence-corrected chi connectivity index (χ2v) is 5.80. The number of carbonyl (C=O) groups excluding carboxylic acids is 1. The molecule has 2 aromatic carbocycles. The van der Waals surface area contributed by atoms with Crippen LogP contribution in [0.5, 0.6) is 11.5 Å². The van der Waals surface area contributed by atoms with Gasteiger partial charge in [0.1, 0.15) is 11.5 Å². The quantitative estimate of drug-likeness (QED) is 0.671. The summed E-state index contributed by atoms with van der Waals surface area (Å²) in [5.41, 5.74) is 0.138. The van der Waals surface area contributed by atoms with E-state index in [4.69, 9.17) is 9.84 Å². The fourth-order valence-electron chi connectivity index (χ4n) is 2.12. The summed E-state index contributed by atoms with van der Waals surface area (Å²) in [5, 5.41) is 22.6. The first-order chi connectivity index (χ1) is 11.0. The molecule has 0 fully saturated rings. The Balaban J connectivity index is 2.25. The van der Waals surface area contributed by atoms with Crippen LogP contribution in [0.25, 0.3) is 10.8 Å². The van der Waals surface area contributed by atoms with Crippen LogP contribution in [0, 0.1) is 0 Å². The average molecular weight is 335 g/mol. The topological polar surface area (TPSA) is 95.9 Å². The van der Waals surface area contributed by atoms with E-state index in [0.717, 1.165) is 0 Å². The molecule has 1 amide bonds. The van der Waals surface area contributed by atoms with Crippen molar-refractivity contribution in [1.82, 2.24) is 5.32 Å². The van der Waals surface area contributed by atoms with Crippen LogP contribution in [-0.4, -0.2) is 47.2 Å². The van der Waals surface area contributed by atoms with Gasteiger partial charge >= 0.3 is 5.97 Å². The third-order valence-electron chi connectivity index (χ3n) is 3.16. The molecule has 0 saturated heterocycles. The van der Waals surface area contributed by atoms with Crippen molar-refractivity contribution >= 4 is 34.4 Å². The van der Waals surface area contributed by atoms with Gasteiger partial charge in [-0.15, -0.1) is 11.8 Å². The zero-order valence-corrected chi connectivity index (χ0v) is 13.4. The van der Waals surface area contributed by atoms with Crippen LogP contribution in [0.3, 0.4) is 0 Å². The van der Waals surface area contributed by atoms with Crippen LogP contribution in [-0.2, 0) is 4.79 Å². The molecule has 7 heteroatoms. The molecule has 2 aromatic rings. The summed E-state index contributed by atoms with van der Waals surface area (Å²) in [6.45, 7) is 0.305. The maximum Gasteiger partial charge on any atom is 0.313 e. The van der Waals surface area contributed by atoms with Crippen molar-refractivity contribution < 1.29 is 24.5 Å². The lowest BCUT2D eigenvalue weighted by molar-refractivity contribution is -0.133. The summed E-state index contributed by atoms with van der Waals surface area (Å²) in [6, 6.07) is 8.58. The van der Waals surface area contributed by atoms with Crippen LogP contribution in [0.2, 0.25) is 0 Å². The number of carboxylic acids is 1. The molecule has 0 radical (unpaired) electrons. The normalized spacial score (nSPS) is 10.5. The highest BCUT2D eigenvalue weighted by Crippen LogP contribution is 2.36. The van der Waals surface area contributed by atoms with E-state index in [2.05, 4.69) is 5.32 Å². The Morgan fingerprint density at radius 1 is 1.26 bits per heavy atom. The standard InChI is InChI=1S/C16H17NO5S/c1-17-16(21)12-8-13(22-6-7-23-9-14(18)19)10-4-2-3-5-11(10)15(12)20/h2-5,8,20H,6-7,9H2,1H3,(H,17,21)(H,18,19). The summed E-state index contributed by atoms with van der Waals surface area (Å²) in [4.78, 5) is 22.3. The lowest BCUT2D eigenvalue weighted by Gasteiger charge is -2.13. The second-order valence-electron chi connectivity index (χ2n) is 4.69. The zero-order chi connectivity index (χ0) is 16.8. The summed E-state index contributed by atoms with van der Waals surface area (Å²) in [6.07, 6.45) is 0. The number of ether oxygens (including phenoxy) is 1. The number of hydrogen-bond donors (Lipinski definition) is 3. The minimum atomic E-state index is -0.869. The monoisotopic (exact) mass is 335 g/mol. The highest BCUT2D eigenvalue weighted by molar-refractivity contribution is 7.99. The number of thioether (sulfide) groups is 1. The molecule has 0 unspecified atom stereocenters. The molecule has 23 heavy (non-hydrogen) atoms.